The Morgan fingerprint density at radius 1 is 1.38 bits per heavy atom. The van der Waals surface area contributed by atoms with Gasteiger partial charge >= 0.3 is 5.69 Å². The van der Waals surface area contributed by atoms with Gasteiger partial charge in [-0.1, -0.05) is 0 Å². The molecular weight excluding hydrogens is 357 g/mol. The van der Waals surface area contributed by atoms with Crippen LogP contribution < -0.4 is 21.7 Å². The van der Waals surface area contributed by atoms with E-state index in [1.165, 1.54) is 29.1 Å². The summed E-state index contributed by atoms with van der Waals surface area (Å²) in [5.41, 5.74) is 5.99. The molecule has 0 spiro atoms. The lowest BCUT2D eigenvalue weighted by atomic mass is 10.0. The fourth-order valence-corrected chi connectivity index (χ4v) is 4.09. The van der Waals surface area contributed by atoms with Gasteiger partial charge in [-0.3, -0.25) is 14.3 Å². The number of nitrogens with two attached hydrogens (primary N) is 1. The molecule has 3 aromatic rings. The number of benzene rings is 1. The lowest BCUT2D eigenvalue weighted by molar-refractivity contribution is 0.415. The number of aromatic nitrogens is 2. The van der Waals surface area contributed by atoms with Crippen molar-refractivity contribution < 1.29 is 9.13 Å². The van der Waals surface area contributed by atoms with E-state index in [0.29, 0.717) is 11.1 Å². The summed E-state index contributed by atoms with van der Waals surface area (Å²) < 4.78 is 22.0. The molecule has 0 amide bonds. The van der Waals surface area contributed by atoms with Crippen molar-refractivity contribution in [1.29, 1.82) is 0 Å². The van der Waals surface area contributed by atoms with E-state index in [0.717, 1.165) is 17.7 Å². The van der Waals surface area contributed by atoms with Crippen molar-refractivity contribution in [2.75, 3.05) is 7.11 Å². The number of methoxy groups -OCH3 is 1. The minimum absolute atomic E-state index is 0.00355. The van der Waals surface area contributed by atoms with E-state index < -0.39 is 17.1 Å². The molecule has 1 saturated carbocycles. The number of nitrogens with one attached hydrogen (secondary N) is 1. The maximum absolute atomic E-state index is 14.9. The smallest absolute Gasteiger partial charge is 0.329 e. The molecular formula is C18H18FN3O3S. The second kappa shape index (κ2) is 6.07. The Hall–Kier alpha value is -2.45. The number of halogens is 1. The van der Waals surface area contributed by atoms with E-state index in [1.807, 2.05) is 13.0 Å². The highest BCUT2D eigenvalue weighted by atomic mass is 32.1. The van der Waals surface area contributed by atoms with Crippen LogP contribution in [0.1, 0.15) is 36.7 Å². The van der Waals surface area contributed by atoms with Crippen LogP contribution in [-0.2, 0) is 0 Å². The first-order chi connectivity index (χ1) is 12.4. The number of thiophene rings is 1. The first-order valence-electron chi connectivity index (χ1n) is 8.31. The van der Waals surface area contributed by atoms with E-state index in [9.17, 15) is 14.0 Å². The molecule has 0 bridgehead atoms. The van der Waals surface area contributed by atoms with Gasteiger partial charge in [0, 0.05) is 17.0 Å². The fourth-order valence-electron chi connectivity index (χ4n) is 3.23. The molecule has 1 aliphatic rings. The second-order valence-electron chi connectivity index (χ2n) is 6.55. The monoisotopic (exact) mass is 375 g/mol. The van der Waals surface area contributed by atoms with Gasteiger partial charge in [-0.25, -0.2) is 9.18 Å². The number of aromatic amines is 1. The molecule has 1 unspecified atom stereocenters. The summed E-state index contributed by atoms with van der Waals surface area (Å²) in [5, 5.41) is 1.91. The third kappa shape index (κ3) is 2.57. The first-order valence-corrected chi connectivity index (χ1v) is 9.19. The average molecular weight is 375 g/mol. The summed E-state index contributed by atoms with van der Waals surface area (Å²) in [5.74, 6) is -0.376. The van der Waals surface area contributed by atoms with Crippen LogP contribution in [0.2, 0.25) is 0 Å². The number of ether oxygens (including phenoxy) is 1. The van der Waals surface area contributed by atoms with Gasteiger partial charge in [-0.15, -0.1) is 11.3 Å². The van der Waals surface area contributed by atoms with Crippen LogP contribution in [0.5, 0.6) is 5.75 Å². The summed E-state index contributed by atoms with van der Waals surface area (Å²) >= 11 is 1.43. The Morgan fingerprint density at radius 2 is 2.12 bits per heavy atom. The molecule has 3 N–H and O–H groups in total. The predicted molar refractivity (Wildman–Crippen MR) is 99.5 cm³/mol. The molecule has 1 aromatic carbocycles. The zero-order chi connectivity index (χ0) is 18.6. The number of hydrogen-bond donors (Lipinski definition) is 2. The van der Waals surface area contributed by atoms with E-state index in [2.05, 4.69) is 4.98 Å². The molecule has 1 aliphatic carbocycles. The van der Waals surface area contributed by atoms with Gasteiger partial charge in [-0.2, -0.15) is 0 Å². The van der Waals surface area contributed by atoms with Gasteiger partial charge in [0.1, 0.15) is 11.3 Å². The molecule has 2 heterocycles. The van der Waals surface area contributed by atoms with Gasteiger partial charge in [0.2, 0.25) is 0 Å². The van der Waals surface area contributed by atoms with Crippen LogP contribution in [0.15, 0.2) is 27.1 Å². The van der Waals surface area contributed by atoms with Crippen LogP contribution >= 0.6 is 11.3 Å². The van der Waals surface area contributed by atoms with Gasteiger partial charge in [-0.05, 0) is 42.8 Å². The normalized spacial score (nSPS) is 15.4. The molecule has 4 rings (SSSR count). The van der Waals surface area contributed by atoms with Crippen molar-refractivity contribution in [2.45, 2.75) is 31.8 Å². The summed E-state index contributed by atoms with van der Waals surface area (Å²) in [7, 11) is 1.42. The topological polar surface area (TPSA) is 90.1 Å². The molecule has 0 aliphatic heterocycles. The van der Waals surface area contributed by atoms with E-state index in [4.69, 9.17) is 10.5 Å². The Balaban J connectivity index is 2.11. The van der Waals surface area contributed by atoms with Crippen LogP contribution in [0.3, 0.4) is 0 Å². The summed E-state index contributed by atoms with van der Waals surface area (Å²) in [4.78, 5) is 27.8. The van der Waals surface area contributed by atoms with Crippen LogP contribution in [-0.4, -0.2) is 16.7 Å². The van der Waals surface area contributed by atoms with Crippen molar-refractivity contribution >= 4 is 22.2 Å². The molecule has 6 nitrogen and oxygen atoms in total. The average Bonchev–Trinajstić information content (AvgIpc) is 3.29. The second-order valence-corrected chi connectivity index (χ2v) is 7.49. The quantitative estimate of drug-likeness (QED) is 0.734. The highest BCUT2D eigenvalue weighted by molar-refractivity contribution is 7.10. The predicted octanol–water partition coefficient (Wildman–Crippen LogP) is 2.92. The number of fused-ring (bicyclic) bond motifs is 1. The highest BCUT2D eigenvalue weighted by Crippen LogP contribution is 2.43. The largest absolute Gasteiger partial charge is 0.494 e. The summed E-state index contributed by atoms with van der Waals surface area (Å²) in [6.45, 7) is 1.86. The third-order valence-corrected chi connectivity index (χ3v) is 5.74. The standard InChI is InChI=1S/C18H18FN3O3S/c1-8(20)13-5-9(7-26-13)14-12(19)6-11-15(16(14)25-2)22(10-3-4-10)18(24)21-17(11)23/h5-8,10H,3-4,20H2,1-2H3,(H,21,23,24). The Bertz CT molecular complexity index is 1130. The maximum atomic E-state index is 14.9. The lowest BCUT2D eigenvalue weighted by Gasteiger charge is -2.16. The van der Waals surface area contributed by atoms with Crippen molar-refractivity contribution in [3.8, 4) is 16.9 Å². The van der Waals surface area contributed by atoms with Crippen molar-refractivity contribution in [2.24, 2.45) is 5.73 Å². The van der Waals surface area contributed by atoms with E-state index in [-0.39, 0.29) is 28.8 Å². The Morgan fingerprint density at radius 3 is 2.69 bits per heavy atom. The number of H-pyrrole nitrogens is 1. The SMILES string of the molecule is COc1c(-c2csc(C(C)N)c2)c(F)cc2c(=O)[nH]c(=O)n(C3CC3)c12. The molecule has 26 heavy (non-hydrogen) atoms. The highest BCUT2D eigenvalue weighted by Gasteiger charge is 2.30. The Kier molecular flexibility index (Phi) is 3.96. The molecule has 1 fully saturated rings. The minimum atomic E-state index is -0.618. The number of rotatable bonds is 4. The van der Waals surface area contributed by atoms with Crippen molar-refractivity contribution in [1.82, 2.24) is 9.55 Å². The fraction of sp³-hybridized carbons (Fsp3) is 0.333. The summed E-state index contributed by atoms with van der Waals surface area (Å²) in [6, 6.07) is 2.81. The number of nitrogens with zero attached hydrogens (tertiary/aromatic N) is 1. The zero-order valence-corrected chi connectivity index (χ0v) is 15.2. The van der Waals surface area contributed by atoms with Gasteiger partial charge < -0.3 is 10.5 Å². The van der Waals surface area contributed by atoms with Crippen LogP contribution in [0.25, 0.3) is 22.0 Å². The molecule has 136 valence electrons. The van der Waals surface area contributed by atoms with Crippen molar-refractivity contribution in [3.05, 3.63) is 49.0 Å². The van der Waals surface area contributed by atoms with Gasteiger partial charge in [0.25, 0.3) is 5.56 Å². The minimum Gasteiger partial charge on any atom is -0.494 e. The van der Waals surface area contributed by atoms with Gasteiger partial charge in [0.05, 0.1) is 18.1 Å². The van der Waals surface area contributed by atoms with E-state index >= 15 is 0 Å². The molecule has 8 heteroatoms. The molecule has 0 radical (unpaired) electrons. The number of hydrogen-bond acceptors (Lipinski definition) is 5. The molecule has 2 aromatic heterocycles. The lowest BCUT2D eigenvalue weighted by Crippen LogP contribution is -2.30. The van der Waals surface area contributed by atoms with Crippen LogP contribution in [0, 0.1) is 5.82 Å². The molecule has 0 saturated heterocycles. The van der Waals surface area contributed by atoms with Crippen molar-refractivity contribution in [3.63, 3.8) is 0 Å². The van der Waals surface area contributed by atoms with Crippen LogP contribution in [0.4, 0.5) is 4.39 Å². The molecule has 1 atom stereocenters. The third-order valence-electron chi connectivity index (χ3n) is 4.61. The summed E-state index contributed by atoms with van der Waals surface area (Å²) in [6.07, 6.45) is 1.68. The first kappa shape index (κ1) is 17.0. The van der Waals surface area contributed by atoms with E-state index in [1.54, 1.807) is 5.38 Å². The Labute approximate surface area is 152 Å². The zero-order valence-electron chi connectivity index (χ0n) is 14.3. The maximum Gasteiger partial charge on any atom is 0.329 e. The van der Waals surface area contributed by atoms with Gasteiger partial charge in [0.15, 0.2) is 5.75 Å².